The van der Waals surface area contributed by atoms with E-state index in [1.54, 1.807) is 13.1 Å². The van der Waals surface area contributed by atoms with Crippen LogP contribution in [-0.2, 0) is 21.3 Å². The van der Waals surface area contributed by atoms with E-state index in [0.717, 1.165) is 0 Å². The lowest BCUT2D eigenvalue weighted by atomic mass is 9.82. The zero-order chi connectivity index (χ0) is 22.2. The maximum absolute atomic E-state index is 15.0. The van der Waals surface area contributed by atoms with Gasteiger partial charge in [-0.25, -0.2) is 18.6 Å². The van der Waals surface area contributed by atoms with Crippen LogP contribution in [0.1, 0.15) is 22.5 Å². The minimum Gasteiger partial charge on any atom is -0.495 e. The number of guanidine groups is 1. The summed E-state index contributed by atoms with van der Waals surface area (Å²) in [4.78, 5) is 21.2. The number of fused-ring (bicyclic) bond motifs is 1. The number of halogens is 1. The van der Waals surface area contributed by atoms with Crippen molar-refractivity contribution in [1.29, 1.82) is 0 Å². The van der Waals surface area contributed by atoms with E-state index in [9.17, 15) is 9.00 Å². The minimum absolute atomic E-state index is 0.0627. The van der Waals surface area contributed by atoms with Crippen LogP contribution < -0.4 is 15.8 Å². The smallest absolute Gasteiger partial charge is 0.274 e. The number of hydrogen-bond donors (Lipinski definition) is 2. The number of nitrogens with two attached hydrogens (primary N) is 1. The Bertz CT molecular complexity index is 1060. The summed E-state index contributed by atoms with van der Waals surface area (Å²) in [5, 5.41) is 2.11. The van der Waals surface area contributed by atoms with Crippen molar-refractivity contribution in [3.05, 3.63) is 53.6 Å². The highest BCUT2D eigenvalue weighted by molar-refractivity contribution is 7.84. The molecule has 3 unspecified atom stereocenters. The number of anilines is 1. The van der Waals surface area contributed by atoms with Crippen molar-refractivity contribution in [3.63, 3.8) is 0 Å². The number of nitrogens with zero attached hydrogens (tertiary/aromatic N) is 3. The maximum atomic E-state index is 15.0. The molecular weight excluding hydrogens is 425 g/mol. The molecule has 1 saturated heterocycles. The van der Waals surface area contributed by atoms with Gasteiger partial charge in [0.2, 0.25) is 5.96 Å². The molecule has 0 spiro atoms. The summed E-state index contributed by atoms with van der Waals surface area (Å²) in [5.41, 5.74) is 5.60. The highest BCUT2D eigenvalue weighted by Gasteiger charge is 2.52. The molecule has 3 heterocycles. The second-order valence-electron chi connectivity index (χ2n) is 7.21. The maximum Gasteiger partial charge on any atom is 0.274 e. The molecule has 1 aromatic carbocycles. The molecule has 164 valence electrons. The van der Waals surface area contributed by atoms with Gasteiger partial charge in [0.25, 0.3) is 5.91 Å². The van der Waals surface area contributed by atoms with Gasteiger partial charge in [0.05, 0.1) is 19.9 Å². The fraction of sp³-hybridized carbons (Fsp3) is 0.350. The molecule has 2 aliphatic heterocycles. The summed E-state index contributed by atoms with van der Waals surface area (Å²) in [7, 11) is 1.52. The van der Waals surface area contributed by atoms with Crippen LogP contribution in [0.5, 0.6) is 5.75 Å². The van der Waals surface area contributed by atoms with Gasteiger partial charge in [-0.05, 0) is 30.3 Å². The van der Waals surface area contributed by atoms with Crippen molar-refractivity contribution in [2.45, 2.75) is 17.2 Å². The van der Waals surface area contributed by atoms with Crippen LogP contribution in [-0.4, -0.2) is 58.0 Å². The molecular formula is C20H22FN5O4S. The normalized spacial score (nSPS) is 25.4. The van der Waals surface area contributed by atoms with Gasteiger partial charge < -0.3 is 20.5 Å². The molecule has 1 amide bonds. The van der Waals surface area contributed by atoms with Crippen molar-refractivity contribution >= 4 is 28.5 Å². The highest BCUT2D eigenvalue weighted by Crippen LogP contribution is 2.43. The molecule has 2 aromatic rings. The Morgan fingerprint density at radius 3 is 2.94 bits per heavy atom. The zero-order valence-electron chi connectivity index (χ0n) is 17.0. The molecule has 11 heteroatoms. The predicted molar refractivity (Wildman–Crippen MR) is 114 cm³/mol. The summed E-state index contributed by atoms with van der Waals surface area (Å²) >= 11 is 0. The van der Waals surface area contributed by atoms with Gasteiger partial charge in [-0.15, -0.1) is 0 Å². The van der Waals surface area contributed by atoms with E-state index in [0.29, 0.717) is 24.5 Å². The first-order chi connectivity index (χ1) is 14.9. The van der Waals surface area contributed by atoms with Gasteiger partial charge in [0.1, 0.15) is 39.0 Å². The van der Waals surface area contributed by atoms with E-state index < -0.39 is 33.5 Å². The lowest BCUT2D eigenvalue weighted by Crippen LogP contribution is -2.58. The van der Waals surface area contributed by atoms with Crippen LogP contribution in [0, 0.1) is 5.82 Å². The van der Waals surface area contributed by atoms with Crippen molar-refractivity contribution < 1.29 is 22.9 Å². The van der Waals surface area contributed by atoms with Crippen LogP contribution in [0.15, 0.2) is 41.5 Å². The Hall–Kier alpha value is -3.05. The van der Waals surface area contributed by atoms with Crippen LogP contribution in [0.25, 0.3) is 0 Å². The fourth-order valence-corrected chi connectivity index (χ4v) is 5.21. The van der Waals surface area contributed by atoms with Crippen molar-refractivity contribution in [2.24, 2.45) is 10.7 Å². The molecule has 0 radical (unpaired) electrons. The highest BCUT2D eigenvalue weighted by atomic mass is 32.2. The number of ether oxygens (including phenoxy) is 2. The molecule has 0 aliphatic carbocycles. The van der Waals surface area contributed by atoms with Gasteiger partial charge in [-0.2, -0.15) is 0 Å². The third-order valence-electron chi connectivity index (χ3n) is 5.47. The monoisotopic (exact) mass is 447 g/mol. The summed E-state index contributed by atoms with van der Waals surface area (Å²) in [5.74, 6) is -0.398. The number of pyridine rings is 1. The second-order valence-corrected chi connectivity index (χ2v) is 8.88. The number of aliphatic imine (C=N–C) groups is 1. The molecule has 3 N–H and O–H groups in total. The number of carbonyl (C=O) groups is 1. The molecule has 4 rings (SSSR count). The SMILES string of the molecule is COc1ccc(C(=O)Nc2ccc(F)c(C34CCOCC3S(=O)N(C)C(N)=N4)c2)nc1. The van der Waals surface area contributed by atoms with Crippen LogP contribution >= 0.6 is 0 Å². The van der Waals surface area contributed by atoms with Crippen LogP contribution in [0.3, 0.4) is 0 Å². The number of hydrogen-bond acceptors (Lipinski definition) is 7. The van der Waals surface area contributed by atoms with E-state index in [1.165, 1.54) is 41.9 Å². The lowest BCUT2D eigenvalue weighted by Gasteiger charge is -2.45. The summed E-state index contributed by atoms with van der Waals surface area (Å²) in [6, 6.07) is 7.35. The van der Waals surface area contributed by atoms with Crippen LogP contribution in [0.2, 0.25) is 0 Å². The molecule has 0 saturated carbocycles. The van der Waals surface area contributed by atoms with Crippen molar-refractivity contribution in [2.75, 3.05) is 32.7 Å². The van der Waals surface area contributed by atoms with Gasteiger partial charge in [0, 0.05) is 31.3 Å². The van der Waals surface area contributed by atoms with E-state index in [-0.39, 0.29) is 23.8 Å². The summed E-state index contributed by atoms with van der Waals surface area (Å²) < 4.78 is 39.9. The Kier molecular flexibility index (Phi) is 5.63. The molecule has 3 atom stereocenters. The summed E-state index contributed by atoms with van der Waals surface area (Å²) in [6.07, 6.45) is 1.74. The zero-order valence-corrected chi connectivity index (χ0v) is 17.8. The Balaban J connectivity index is 1.70. The lowest BCUT2D eigenvalue weighted by molar-refractivity contribution is 0.0540. The third-order valence-corrected chi connectivity index (χ3v) is 7.21. The number of benzene rings is 1. The molecule has 0 bridgehead atoms. The number of amides is 1. The molecule has 1 fully saturated rings. The minimum atomic E-state index is -1.55. The number of rotatable bonds is 4. The van der Waals surface area contributed by atoms with E-state index in [2.05, 4.69) is 15.3 Å². The van der Waals surface area contributed by atoms with Crippen molar-refractivity contribution in [1.82, 2.24) is 9.29 Å². The van der Waals surface area contributed by atoms with Gasteiger partial charge >= 0.3 is 0 Å². The number of carbonyl (C=O) groups excluding carboxylic acids is 1. The molecule has 2 aliphatic rings. The molecule has 1 aromatic heterocycles. The van der Waals surface area contributed by atoms with E-state index in [4.69, 9.17) is 15.2 Å². The molecule has 31 heavy (non-hydrogen) atoms. The van der Waals surface area contributed by atoms with Crippen molar-refractivity contribution in [3.8, 4) is 5.75 Å². The standard InChI is InChI=1S/C20H22FN5O4S/c1-26-19(22)25-20(7-8-30-11-17(20)31(26)28)14-9-12(3-5-15(14)21)24-18(27)16-6-4-13(29-2)10-23-16/h3-6,9-10,17H,7-8,11H2,1-2H3,(H2,22,25)(H,24,27). The number of methoxy groups -OCH3 is 1. The van der Waals surface area contributed by atoms with Gasteiger partial charge in [-0.3, -0.25) is 9.10 Å². The average Bonchev–Trinajstić information content (AvgIpc) is 2.78. The Morgan fingerprint density at radius 2 is 2.23 bits per heavy atom. The first kappa shape index (κ1) is 21.2. The first-order valence-electron chi connectivity index (χ1n) is 9.54. The quantitative estimate of drug-likeness (QED) is 0.731. The number of aromatic nitrogens is 1. The van der Waals surface area contributed by atoms with E-state index >= 15 is 4.39 Å². The fourth-order valence-electron chi connectivity index (χ4n) is 3.76. The second kappa shape index (κ2) is 8.23. The Labute approximate surface area is 181 Å². The predicted octanol–water partition coefficient (Wildman–Crippen LogP) is 1.39. The van der Waals surface area contributed by atoms with E-state index in [1.807, 2.05) is 0 Å². The number of nitrogens with one attached hydrogen (secondary N) is 1. The first-order valence-corrected chi connectivity index (χ1v) is 10.7. The third kappa shape index (κ3) is 3.74. The average molecular weight is 447 g/mol. The topological polar surface area (TPSA) is 119 Å². The molecule has 9 nitrogen and oxygen atoms in total. The largest absolute Gasteiger partial charge is 0.495 e. The summed E-state index contributed by atoms with van der Waals surface area (Å²) in [6.45, 7) is 0.472. The van der Waals surface area contributed by atoms with Crippen LogP contribution in [0.4, 0.5) is 10.1 Å². The van der Waals surface area contributed by atoms with Gasteiger partial charge in [-0.1, -0.05) is 0 Å². The Morgan fingerprint density at radius 1 is 1.42 bits per heavy atom. The van der Waals surface area contributed by atoms with Gasteiger partial charge in [0.15, 0.2) is 0 Å².